The molecular formula is C6H12N6O2. The van der Waals surface area contributed by atoms with Gasteiger partial charge in [-0.05, 0) is 6.07 Å². The van der Waals surface area contributed by atoms with E-state index in [9.17, 15) is 5.21 Å². The quantitative estimate of drug-likeness (QED) is 0.175. The Morgan fingerprint density at radius 1 is 1.21 bits per heavy atom. The van der Waals surface area contributed by atoms with Gasteiger partial charge in [-0.25, -0.2) is 0 Å². The summed E-state index contributed by atoms with van der Waals surface area (Å²) in [4.78, 5) is 4.41. The van der Waals surface area contributed by atoms with Crippen molar-refractivity contribution in [1.29, 1.82) is 0 Å². The van der Waals surface area contributed by atoms with Gasteiger partial charge in [0.25, 0.3) is 0 Å². The fourth-order valence-corrected chi connectivity index (χ4v) is 1.09. The summed E-state index contributed by atoms with van der Waals surface area (Å²) >= 11 is 0. The van der Waals surface area contributed by atoms with E-state index in [2.05, 4.69) is 4.84 Å². The van der Waals surface area contributed by atoms with E-state index in [0.717, 1.165) is 0 Å². The van der Waals surface area contributed by atoms with Crippen LogP contribution in [0.1, 0.15) is 0 Å². The minimum atomic E-state index is -0.804. The summed E-state index contributed by atoms with van der Waals surface area (Å²) < 4.78 is 0. The molecule has 78 valence electrons. The van der Waals surface area contributed by atoms with Crippen molar-refractivity contribution in [3.05, 3.63) is 11.3 Å². The molecule has 0 heterocycles. The average molecular weight is 200 g/mol. The van der Waals surface area contributed by atoms with E-state index in [1.54, 1.807) is 0 Å². The first-order valence-electron chi connectivity index (χ1n) is 3.63. The maximum Gasteiger partial charge on any atom is 0.234 e. The van der Waals surface area contributed by atoms with Crippen LogP contribution in [0, 0.1) is 5.21 Å². The minimum Gasteiger partial charge on any atom is -0.608 e. The first-order chi connectivity index (χ1) is 6.49. The molecule has 1 atom stereocenters. The number of rotatable bonds is 2. The number of benzene rings is 1. The van der Waals surface area contributed by atoms with Gasteiger partial charge in [-0.3, -0.25) is 5.17 Å². The van der Waals surface area contributed by atoms with E-state index in [4.69, 9.17) is 28.9 Å². The summed E-state index contributed by atoms with van der Waals surface area (Å²) in [6.45, 7) is 0. The molecule has 0 spiro atoms. The summed E-state index contributed by atoms with van der Waals surface area (Å²) in [6.07, 6.45) is 0. The number of hydrogen-bond donors (Lipinski definition) is 6. The van der Waals surface area contributed by atoms with Crippen molar-refractivity contribution in [2.24, 2.45) is 11.7 Å². The van der Waals surface area contributed by atoms with Gasteiger partial charge < -0.3 is 27.2 Å². The SMILES string of the molecule is NOc1c(N)cc(N)c(N)c1[NH+](N)[O-]. The van der Waals surface area contributed by atoms with E-state index in [1.165, 1.54) is 6.07 Å². The lowest BCUT2D eigenvalue weighted by Gasteiger charge is -2.20. The Balaban J connectivity index is 3.48. The molecule has 1 aromatic carbocycles. The predicted octanol–water partition coefficient (Wildman–Crippen LogP) is -2.43. The largest absolute Gasteiger partial charge is 0.608 e. The molecule has 0 radical (unpaired) electrons. The summed E-state index contributed by atoms with van der Waals surface area (Å²) in [5.74, 6) is 9.92. The summed E-state index contributed by atoms with van der Waals surface area (Å²) in [5.41, 5.74) is 16.6. The van der Waals surface area contributed by atoms with Crippen LogP contribution in [0.25, 0.3) is 0 Å². The number of nitrogens with two attached hydrogens (primary N) is 5. The number of nitrogens with one attached hydrogen (secondary N) is 1. The van der Waals surface area contributed by atoms with E-state index in [1.807, 2.05) is 0 Å². The topological polar surface area (TPSA) is 167 Å². The zero-order chi connectivity index (χ0) is 10.9. The van der Waals surface area contributed by atoms with Crippen molar-refractivity contribution in [2.75, 3.05) is 17.2 Å². The number of anilines is 3. The third-order valence-electron chi connectivity index (χ3n) is 1.74. The van der Waals surface area contributed by atoms with E-state index in [-0.39, 0.29) is 28.5 Å². The van der Waals surface area contributed by atoms with Crippen LogP contribution in [0.4, 0.5) is 22.7 Å². The van der Waals surface area contributed by atoms with Crippen LogP contribution in [-0.4, -0.2) is 0 Å². The fourth-order valence-electron chi connectivity index (χ4n) is 1.09. The smallest absolute Gasteiger partial charge is 0.234 e. The molecule has 0 bridgehead atoms. The van der Waals surface area contributed by atoms with Gasteiger partial charge in [0.1, 0.15) is 5.69 Å². The molecule has 0 aliphatic carbocycles. The van der Waals surface area contributed by atoms with Crippen LogP contribution in [0.15, 0.2) is 6.07 Å². The highest BCUT2D eigenvalue weighted by Gasteiger charge is 2.19. The Morgan fingerprint density at radius 2 is 1.79 bits per heavy atom. The summed E-state index contributed by atoms with van der Waals surface area (Å²) in [7, 11) is 0. The number of hydrogen-bond acceptors (Lipinski definition) is 7. The molecule has 1 rings (SSSR count). The normalized spacial score (nSPS) is 12.5. The lowest BCUT2D eigenvalue weighted by atomic mass is 10.2. The van der Waals surface area contributed by atoms with E-state index in [0.29, 0.717) is 0 Å². The van der Waals surface area contributed by atoms with Crippen molar-refractivity contribution in [1.82, 2.24) is 0 Å². The highest BCUT2D eigenvalue weighted by molar-refractivity contribution is 5.85. The third-order valence-corrected chi connectivity index (χ3v) is 1.74. The molecule has 11 N–H and O–H groups in total. The minimum absolute atomic E-state index is 0.00662. The zero-order valence-corrected chi connectivity index (χ0v) is 7.28. The molecule has 14 heavy (non-hydrogen) atoms. The zero-order valence-electron chi connectivity index (χ0n) is 7.28. The molecule has 1 aromatic rings. The second-order valence-corrected chi connectivity index (χ2v) is 2.65. The Hall–Kier alpha value is -1.74. The van der Waals surface area contributed by atoms with Gasteiger partial charge in [0.05, 0.1) is 11.4 Å². The lowest BCUT2D eigenvalue weighted by Crippen LogP contribution is -3.08. The van der Waals surface area contributed by atoms with Gasteiger partial charge in [-0.15, -0.1) is 0 Å². The molecule has 8 nitrogen and oxygen atoms in total. The first-order valence-corrected chi connectivity index (χ1v) is 3.63. The average Bonchev–Trinajstić information content (AvgIpc) is 2.10. The Bertz CT molecular complexity index is 353. The van der Waals surface area contributed by atoms with Crippen LogP contribution in [0.3, 0.4) is 0 Å². The molecule has 8 heteroatoms. The maximum atomic E-state index is 11.0. The second-order valence-electron chi connectivity index (χ2n) is 2.65. The van der Waals surface area contributed by atoms with Crippen LogP contribution in [-0.2, 0) is 0 Å². The molecule has 0 fully saturated rings. The van der Waals surface area contributed by atoms with Crippen LogP contribution < -0.4 is 39.0 Å². The van der Waals surface area contributed by atoms with Crippen molar-refractivity contribution < 1.29 is 10.0 Å². The number of quaternary nitrogens is 1. The third kappa shape index (κ3) is 1.49. The molecule has 0 aromatic heterocycles. The molecule has 0 saturated heterocycles. The molecule has 1 unspecified atom stereocenters. The number of nitrogen functional groups attached to an aromatic ring is 4. The lowest BCUT2D eigenvalue weighted by molar-refractivity contribution is -0.789. The highest BCUT2D eigenvalue weighted by Crippen LogP contribution is 2.36. The van der Waals surface area contributed by atoms with Gasteiger partial charge in [0.2, 0.25) is 11.4 Å². The van der Waals surface area contributed by atoms with Crippen LogP contribution in [0.2, 0.25) is 0 Å². The molecule has 0 aliphatic heterocycles. The highest BCUT2D eigenvalue weighted by atomic mass is 16.6. The Labute approximate surface area is 79.7 Å². The van der Waals surface area contributed by atoms with Gasteiger partial charge in [0, 0.05) is 0 Å². The van der Waals surface area contributed by atoms with Gasteiger partial charge in [-0.1, -0.05) is 0 Å². The predicted molar refractivity (Wildman–Crippen MR) is 52.7 cm³/mol. The van der Waals surface area contributed by atoms with E-state index < -0.39 is 5.17 Å². The van der Waals surface area contributed by atoms with E-state index >= 15 is 0 Å². The first kappa shape index (κ1) is 10.3. The molecular weight excluding hydrogens is 188 g/mol. The van der Waals surface area contributed by atoms with Crippen molar-refractivity contribution >= 4 is 22.7 Å². The summed E-state index contributed by atoms with van der Waals surface area (Å²) in [6, 6.07) is 1.34. The maximum absolute atomic E-state index is 11.0. The molecule has 0 saturated carbocycles. The Kier molecular flexibility index (Phi) is 2.63. The van der Waals surface area contributed by atoms with Gasteiger partial charge in [-0.2, -0.15) is 11.7 Å². The van der Waals surface area contributed by atoms with Gasteiger partial charge in [0.15, 0.2) is 0 Å². The molecule has 0 amide bonds. The molecule has 0 aliphatic rings. The van der Waals surface area contributed by atoms with Crippen LogP contribution >= 0.6 is 0 Å². The fraction of sp³-hybridized carbons (Fsp3) is 0. The summed E-state index contributed by atoms with van der Waals surface area (Å²) in [5, 5.41) is 10.2. The standard InChI is InChI=1S/C6H12N6O2/c7-2-1-3(8)6(14-11)5(4(2)9)12(10)13/h1,12H,7-11H2. The van der Waals surface area contributed by atoms with Crippen molar-refractivity contribution in [3.8, 4) is 5.75 Å². The van der Waals surface area contributed by atoms with Crippen molar-refractivity contribution in [3.63, 3.8) is 0 Å². The monoisotopic (exact) mass is 200 g/mol. The Morgan fingerprint density at radius 3 is 2.21 bits per heavy atom. The van der Waals surface area contributed by atoms with Crippen molar-refractivity contribution in [2.45, 2.75) is 0 Å². The van der Waals surface area contributed by atoms with Crippen LogP contribution in [0.5, 0.6) is 5.75 Å². The second kappa shape index (κ2) is 3.55. The van der Waals surface area contributed by atoms with Gasteiger partial charge >= 0.3 is 0 Å².